The van der Waals surface area contributed by atoms with E-state index in [0.717, 1.165) is 0 Å². The Morgan fingerprint density at radius 3 is 1.75 bits per heavy atom. The predicted octanol–water partition coefficient (Wildman–Crippen LogP) is -1.85. The maximum absolute atomic E-state index is 12.6. The monoisotopic (exact) mass is 885 g/mol. The number of ether oxygens (including phenoxy) is 13. The zero-order valence-electron chi connectivity index (χ0n) is 34.7. The van der Waals surface area contributed by atoms with Crippen molar-refractivity contribution in [2.24, 2.45) is 10.2 Å². The molecule has 2 rings (SSSR count). The van der Waals surface area contributed by atoms with Crippen LogP contribution in [0.4, 0.5) is 0 Å². The van der Waals surface area contributed by atoms with Crippen LogP contribution >= 0.6 is 0 Å². The number of carbonyl (C=O) groups excluding carboxylic acids is 2. The molecule has 0 spiro atoms. The third kappa shape index (κ3) is 22.3. The number of rotatable bonds is 37. The first kappa shape index (κ1) is 54.2. The fourth-order valence-electron chi connectivity index (χ4n) is 5.77. The summed E-state index contributed by atoms with van der Waals surface area (Å²) in [4.78, 5) is 30.2. The van der Waals surface area contributed by atoms with E-state index in [1.807, 2.05) is 0 Å². The molecule has 26 heteroatoms. The van der Waals surface area contributed by atoms with E-state index in [1.165, 1.54) is 14.2 Å². The highest BCUT2D eigenvalue weighted by Gasteiger charge is 2.52. The molecule has 61 heavy (non-hydrogen) atoms. The molecule has 10 unspecified atom stereocenters. The van der Waals surface area contributed by atoms with Crippen molar-refractivity contribution >= 4 is 11.7 Å². The lowest BCUT2D eigenvalue weighted by atomic mass is 9.96. The number of aliphatic hydroxyl groups excluding tert-OH is 4. The summed E-state index contributed by atoms with van der Waals surface area (Å²) in [6, 6.07) is 0. The van der Waals surface area contributed by atoms with Gasteiger partial charge in [-0.25, -0.2) is 0 Å². The van der Waals surface area contributed by atoms with Gasteiger partial charge in [0.2, 0.25) is 5.91 Å². The lowest BCUT2D eigenvalue weighted by Gasteiger charge is -2.47. The minimum Gasteiger partial charge on any atom is -0.394 e. The summed E-state index contributed by atoms with van der Waals surface area (Å²) in [5, 5.41) is 52.6. The summed E-state index contributed by atoms with van der Waals surface area (Å²) in [6.45, 7) is 2.71. The predicted molar refractivity (Wildman–Crippen MR) is 206 cm³/mol. The van der Waals surface area contributed by atoms with Gasteiger partial charge < -0.3 is 87.3 Å². The fourth-order valence-corrected chi connectivity index (χ4v) is 5.77. The highest BCUT2D eigenvalue weighted by atomic mass is 16.7. The minimum atomic E-state index is -1.70. The van der Waals surface area contributed by atoms with Gasteiger partial charge in [0.05, 0.1) is 85.9 Å². The molecule has 0 aliphatic carbocycles. The molecule has 5 N–H and O–H groups in total. The zero-order chi connectivity index (χ0) is 44.5. The number of hydrogen-bond donors (Lipinski definition) is 5. The summed E-state index contributed by atoms with van der Waals surface area (Å²) in [5.74, 6) is -0.761. The highest BCUT2D eigenvalue weighted by Crippen LogP contribution is 2.31. The Morgan fingerprint density at radius 1 is 0.639 bits per heavy atom. The van der Waals surface area contributed by atoms with Crippen molar-refractivity contribution in [3.8, 4) is 0 Å². The van der Waals surface area contributed by atoms with E-state index in [0.29, 0.717) is 72.5 Å². The van der Waals surface area contributed by atoms with Crippen LogP contribution in [-0.4, -0.2) is 233 Å². The molecular weight excluding hydrogens is 822 g/mol. The van der Waals surface area contributed by atoms with Crippen LogP contribution in [0.2, 0.25) is 0 Å². The van der Waals surface area contributed by atoms with Gasteiger partial charge in [0.25, 0.3) is 0 Å². The Hall–Kier alpha value is -2.92. The molecule has 0 saturated carbocycles. The Morgan fingerprint density at radius 2 is 1.20 bits per heavy atom. The van der Waals surface area contributed by atoms with E-state index in [1.54, 1.807) is 0 Å². The third-order valence-corrected chi connectivity index (χ3v) is 8.78. The van der Waals surface area contributed by atoms with Crippen molar-refractivity contribution in [3.05, 3.63) is 20.9 Å². The lowest BCUT2D eigenvalue weighted by Crippen LogP contribution is -2.65. The minimum absolute atomic E-state index is 0.110. The average Bonchev–Trinajstić information content (AvgIpc) is 3.25. The van der Waals surface area contributed by atoms with E-state index >= 15 is 0 Å². The average molecular weight is 886 g/mol. The van der Waals surface area contributed by atoms with Gasteiger partial charge in [0, 0.05) is 56.7 Å². The number of methoxy groups -OCH3 is 2. The number of Topliss-reactive ketones (excluding diaryl/α,β-unsaturated/α-hetero) is 1. The van der Waals surface area contributed by atoms with Crippen LogP contribution in [0.15, 0.2) is 10.2 Å². The summed E-state index contributed by atoms with van der Waals surface area (Å²) in [5.41, 5.74) is 16.4. The molecule has 0 radical (unpaired) electrons. The van der Waals surface area contributed by atoms with Gasteiger partial charge in [-0.3, -0.25) is 9.59 Å². The number of aliphatic hydroxyl groups is 4. The van der Waals surface area contributed by atoms with Gasteiger partial charge in [0.1, 0.15) is 62.0 Å². The van der Waals surface area contributed by atoms with Crippen molar-refractivity contribution in [1.29, 1.82) is 0 Å². The van der Waals surface area contributed by atoms with Gasteiger partial charge in [-0.2, -0.15) is 0 Å². The van der Waals surface area contributed by atoms with Crippen LogP contribution in [0.5, 0.6) is 0 Å². The number of ketones is 1. The highest BCUT2D eigenvalue weighted by molar-refractivity contribution is 5.79. The molecule has 0 aromatic heterocycles. The van der Waals surface area contributed by atoms with Crippen LogP contribution < -0.4 is 5.32 Å². The van der Waals surface area contributed by atoms with Crippen LogP contribution in [-0.2, 0) is 71.2 Å². The molecule has 2 saturated heterocycles. The van der Waals surface area contributed by atoms with E-state index in [-0.39, 0.29) is 58.3 Å². The third-order valence-electron chi connectivity index (χ3n) is 8.78. The quantitative estimate of drug-likeness (QED) is 0.0198. The molecule has 2 aliphatic rings. The maximum Gasteiger partial charge on any atom is 0.246 e. The molecule has 0 aromatic carbocycles. The number of nitrogens with one attached hydrogen (secondary N) is 1. The van der Waals surface area contributed by atoms with Crippen molar-refractivity contribution in [3.63, 3.8) is 0 Å². The maximum atomic E-state index is 12.6. The first-order valence-electron chi connectivity index (χ1n) is 19.8. The van der Waals surface area contributed by atoms with Gasteiger partial charge in [0.15, 0.2) is 18.4 Å². The summed E-state index contributed by atoms with van der Waals surface area (Å²) in [7, 11) is 2.57. The molecule has 0 aromatic rings. The molecule has 1 amide bonds. The molecule has 352 valence electrons. The standard InChI is InChI=1S/C35H63N7O19/c1-49-31-26(22-57-23-27(45)38-5-9-52-13-17-56-19-15-54-11-7-40-42-37)60-34(29(47)28(31)46)61-32-25(20-43)59-35(50-2)33(30(32)48)58-21-24(44)4-3-8-51-12-16-55-18-14-53-10-6-39-41-36/h25-26,28-35,43,46-48H,3-23H2,1-2H3,(H,38,45). The van der Waals surface area contributed by atoms with E-state index < -0.39 is 80.5 Å². The van der Waals surface area contributed by atoms with Gasteiger partial charge in [-0.1, -0.05) is 10.2 Å². The Labute approximate surface area is 353 Å². The number of carbonyl (C=O) groups is 2. The second kappa shape index (κ2) is 34.6. The van der Waals surface area contributed by atoms with Crippen LogP contribution in [0.3, 0.4) is 0 Å². The van der Waals surface area contributed by atoms with E-state index in [4.69, 9.17) is 72.6 Å². The number of amides is 1. The molecular formula is C35H63N7O19. The second-order valence-electron chi connectivity index (χ2n) is 13.1. The molecule has 2 heterocycles. The fraction of sp³-hybridized carbons (Fsp3) is 0.943. The van der Waals surface area contributed by atoms with Crippen LogP contribution in [0.25, 0.3) is 20.9 Å². The molecule has 0 bridgehead atoms. The van der Waals surface area contributed by atoms with Crippen LogP contribution in [0, 0.1) is 0 Å². The largest absolute Gasteiger partial charge is 0.394 e. The van der Waals surface area contributed by atoms with Gasteiger partial charge in [-0.15, -0.1) is 0 Å². The van der Waals surface area contributed by atoms with Crippen molar-refractivity contribution in [2.75, 3.05) is 140 Å². The molecule has 26 nitrogen and oxygen atoms in total. The van der Waals surface area contributed by atoms with Crippen molar-refractivity contribution < 1.29 is 91.6 Å². The Balaban J connectivity index is 1.75. The second-order valence-corrected chi connectivity index (χ2v) is 13.1. The van der Waals surface area contributed by atoms with Crippen molar-refractivity contribution in [2.45, 2.75) is 74.3 Å². The van der Waals surface area contributed by atoms with E-state index in [9.17, 15) is 30.0 Å². The normalized spacial score (nSPS) is 26.3. The Bertz CT molecular complexity index is 1270. The number of hydrogen-bond acceptors (Lipinski definition) is 21. The number of azide groups is 2. The summed E-state index contributed by atoms with van der Waals surface area (Å²) < 4.78 is 71.6. The first-order chi connectivity index (χ1) is 29.7. The SMILES string of the molecule is COC1OC(CO)C(OC2OC(COCC(=O)NCCOCCOCCOCCN=[N+]=[N-])C(OC)C(O)C2O)C(O)C1OCC(=O)CCCOCCOCCOCCN=[N+]=[N-]. The van der Waals surface area contributed by atoms with Gasteiger partial charge >= 0.3 is 0 Å². The Kier molecular flexibility index (Phi) is 30.7. The lowest BCUT2D eigenvalue weighted by molar-refractivity contribution is -0.361. The summed E-state index contributed by atoms with van der Waals surface area (Å²) in [6.07, 6.45) is -13.2. The molecule has 2 aliphatic heterocycles. The van der Waals surface area contributed by atoms with E-state index in [2.05, 4.69) is 25.4 Å². The smallest absolute Gasteiger partial charge is 0.246 e. The van der Waals surface area contributed by atoms with Crippen LogP contribution in [0.1, 0.15) is 12.8 Å². The molecule has 2 fully saturated rings. The zero-order valence-corrected chi connectivity index (χ0v) is 34.7. The molecule has 10 atom stereocenters. The van der Waals surface area contributed by atoms with Crippen molar-refractivity contribution in [1.82, 2.24) is 5.32 Å². The number of nitrogens with zero attached hydrogens (tertiary/aromatic N) is 6. The summed E-state index contributed by atoms with van der Waals surface area (Å²) >= 11 is 0. The first-order valence-corrected chi connectivity index (χ1v) is 19.8. The van der Waals surface area contributed by atoms with Gasteiger partial charge in [-0.05, 0) is 17.5 Å². The topological polar surface area (TPSA) is 345 Å².